The molecule has 0 atom stereocenters. The minimum Gasteiger partial charge on any atom is -0.340 e. The summed E-state index contributed by atoms with van der Waals surface area (Å²) < 4.78 is 0. The van der Waals surface area contributed by atoms with Gasteiger partial charge in [0.05, 0.1) is 11.2 Å². The van der Waals surface area contributed by atoms with Crippen LogP contribution in [0.2, 0.25) is 10.0 Å². The van der Waals surface area contributed by atoms with Crippen LogP contribution in [0, 0.1) is 0 Å². The minimum atomic E-state index is -0.0376. The molecule has 0 aliphatic carbocycles. The van der Waals surface area contributed by atoms with Crippen LogP contribution in [-0.2, 0) is 0 Å². The molecule has 6 heteroatoms. The molecule has 1 aliphatic heterocycles. The quantitative estimate of drug-likeness (QED) is 0.473. The van der Waals surface area contributed by atoms with E-state index in [1.54, 1.807) is 12.1 Å². The molecule has 3 aromatic rings. The molecule has 0 saturated carbocycles. The Kier molecular flexibility index (Phi) is 2.92. The van der Waals surface area contributed by atoms with Crippen molar-refractivity contribution in [2.75, 3.05) is 5.32 Å². The Morgan fingerprint density at radius 1 is 1.00 bits per heavy atom. The fourth-order valence-electron chi connectivity index (χ4n) is 2.35. The summed E-state index contributed by atoms with van der Waals surface area (Å²) in [6, 6.07) is 10.8. The van der Waals surface area contributed by atoms with E-state index in [4.69, 9.17) is 23.2 Å². The molecule has 0 bridgehead atoms. The third-order valence-corrected chi connectivity index (χ3v) is 4.96. The van der Waals surface area contributed by atoms with Gasteiger partial charge in [0.25, 0.3) is 0 Å². The second kappa shape index (κ2) is 4.70. The summed E-state index contributed by atoms with van der Waals surface area (Å²) in [5.41, 5.74) is 1.65. The lowest BCUT2D eigenvalue weighted by atomic mass is 10.2. The van der Waals surface area contributed by atoms with Crippen LogP contribution in [0.3, 0.4) is 0 Å². The molecule has 0 saturated heterocycles. The van der Waals surface area contributed by atoms with Gasteiger partial charge in [-0.3, -0.25) is 4.79 Å². The maximum Gasteiger partial charge on any atom is 0.205 e. The number of rotatable bonds is 0. The highest BCUT2D eigenvalue weighted by Gasteiger charge is 2.21. The number of halogens is 2. The molecule has 0 unspecified atom stereocenters. The van der Waals surface area contributed by atoms with Crippen molar-refractivity contribution in [3.05, 3.63) is 56.7 Å². The van der Waals surface area contributed by atoms with Crippen molar-refractivity contribution < 1.29 is 0 Å². The number of pyridine rings is 1. The van der Waals surface area contributed by atoms with Crippen LogP contribution < -0.4 is 10.7 Å². The summed E-state index contributed by atoms with van der Waals surface area (Å²) in [6.45, 7) is 0. The first-order valence-corrected chi connectivity index (χ1v) is 7.79. The van der Waals surface area contributed by atoms with Gasteiger partial charge in [0, 0.05) is 20.3 Å². The van der Waals surface area contributed by atoms with Gasteiger partial charge in [-0.1, -0.05) is 35.0 Å². The number of hydrogen-bond donors (Lipinski definition) is 2. The van der Waals surface area contributed by atoms with Crippen LogP contribution >= 0.6 is 35.0 Å². The largest absolute Gasteiger partial charge is 0.340 e. The lowest BCUT2D eigenvalue weighted by Gasteiger charge is -2.20. The Hall–Kier alpha value is -1.62. The van der Waals surface area contributed by atoms with Gasteiger partial charge in [-0.2, -0.15) is 0 Å². The lowest BCUT2D eigenvalue weighted by Crippen LogP contribution is -2.13. The van der Waals surface area contributed by atoms with Crippen molar-refractivity contribution in [3.8, 4) is 0 Å². The van der Waals surface area contributed by atoms with Crippen LogP contribution in [0.1, 0.15) is 0 Å². The normalized spacial score (nSPS) is 12.7. The van der Waals surface area contributed by atoms with Crippen molar-refractivity contribution in [1.82, 2.24) is 4.98 Å². The first-order chi connectivity index (χ1) is 10.1. The van der Waals surface area contributed by atoms with Crippen LogP contribution in [0.4, 0.5) is 11.5 Å². The van der Waals surface area contributed by atoms with Gasteiger partial charge in [-0.25, -0.2) is 0 Å². The van der Waals surface area contributed by atoms with E-state index in [1.807, 2.05) is 24.3 Å². The topological polar surface area (TPSA) is 44.9 Å². The van der Waals surface area contributed by atoms with Crippen LogP contribution in [-0.4, -0.2) is 4.98 Å². The van der Waals surface area contributed by atoms with Crippen molar-refractivity contribution in [3.63, 3.8) is 0 Å². The number of benzene rings is 2. The number of hydrogen-bond acceptors (Lipinski definition) is 3. The first kappa shape index (κ1) is 13.1. The zero-order valence-corrected chi connectivity index (χ0v) is 12.9. The zero-order valence-electron chi connectivity index (χ0n) is 10.5. The molecule has 3 nitrogen and oxygen atoms in total. The van der Waals surface area contributed by atoms with E-state index in [2.05, 4.69) is 10.3 Å². The monoisotopic (exact) mass is 334 g/mol. The molecular weight excluding hydrogens is 327 g/mol. The third-order valence-electron chi connectivity index (χ3n) is 3.33. The molecule has 4 rings (SSSR count). The minimum absolute atomic E-state index is 0.0376. The fourth-order valence-corrected chi connectivity index (χ4v) is 3.81. The van der Waals surface area contributed by atoms with E-state index in [9.17, 15) is 4.79 Å². The second-order valence-corrected chi connectivity index (χ2v) is 6.64. The summed E-state index contributed by atoms with van der Waals surface area (Å²) in [5, 5.41) is 5.02. The molecule has 2 heterocycles. The summed E-state index contributed by atoms with van der Waals surface area (Å²) in [5.74, 6) is 0.703. The zero-order chi connectivity index (χ0) is 14.6. The first-order valence-electron chi connectivity index (χ1n) is 6.22. The van der Waals surface area contributed by atoms with E-state index < -0.39 is 0 Å². The van der Waals surface area contributed by atoms with Crippen LogP contribution in [0.5, 0.6) is 0 Å². The number of H-pyrrole nitrogens is 1. The third kappa shape index (κ3) is 2.11. The highest BCUT2D eigenvalue weighted by atomic mass is 35.5. The summed E-state index contributed by atoms with van der Waals surface area (Å²) in [6.07, 6.45) is 0. The number of fused-ring (bicyclic) bond motifs is 3. The van der Waals surface area contributed by atoms with Gasteiger partial charge >= 0.3 is 0 Å². The van der Waals surface area contributed by atoms with E-state index in [0.717, 1.165) is 16.1 Å². The Balaban J connectivity index is 1.98. The highest BCUT2D eigenvalue weighted by Crippen LogP contribution is 2.43. The molecule has 0 radical (unpaired) electrons. The van der Waals surface area contributed by atoms with E-state index in [1.165, 1.54) is 11.8 Å². The van der Waals surface area contributed by atoms with Gasteiger partial charge in [-0.05, 0) is 36.4 Å². The molecule has 0 amide bonds. The fraction of sp³-hybridized carbons (Fsp3) is 0. The molecule has 104 valence electrons. The number of nitrogens with one attached hydrogen (secondary N) is 2. The van der Waals surface area contributed by atoms with Gasteiger partial charge in [0.15, 0.2) is 0 Å². The number of aromatic amines is 1. The Labute approximate surface area is 134 Å². The Morgan fingerprint density at radius 3 is 2.62 bits per heavy atom. The molecule has 2 N–H and O–H groups in total. The van der Waals surface area contributed by atoms with Crippen molar-refractivity contribution in [2.24, 2.45) is 0 Å². The van der Waals surface area contributed by atoms with Crippen molar-refractivity contribution >= 4 is 57.4 Å². The predicted octanol–water partition coefficient (Wildman–Crippen LogP) is 5.04. The van der Waals surface area contributed by atoms with Crippen molar-refractivity contribution in [1.29, 1.82) is 0 Å². The standard InChI is InChI=1S/C15H8Cl2N2OS/c16-7-1-3-10-9(5-7)13(20)14-15(18-10)19-11-4-2-8(17)6-12(11)21-14/h1-6H,(H2,18,19,20). The predicted molar refractivity (Wildman–Crippen MR) is 88.4 cm³/mol. The van der Waals surface area contributed by atoms with Gasteiger partial charge in [0.1, 0.15) is 10.7 Å². The summed E-state index contributed by atoms with van der Waals surface area (Å²) in [4.78, 5) is 17.5. The highest BCUT2D eigenvalue weighted by molar-refractivity contribution is 7.99. The lowest BCUT2D eigenvalue weighted by molar-refractivity contribution is 1.21. The molecule has 0 spiro atoms. The SMILES string of the molecule is O=c1c2c([nH]c3ccc(Cl)cc13)Nc1ccc(Cl)cc1S2. The van der Waals surface area contributed by atoms with E-state index >= 15 is 0 Å². The molecule has 21 heavy (non-hydrogen) atoms. The average molecular weight is 335 g/mol. The molecule has 2 aromatic carbocycles. The van der Waals surface area contributed by atoms with E-state index in [-0.39, 0.29) is 5.43 Å². The Bertz CT molecular complexity index is 952. The maximum atomic E-state index is 12.6. The maximum absolute atomic E-state index is 12.6. The Morgan fingerprint density at radius 2 is 1.76 bits per heavy atom. The van der Waals surface area contributed by atoms with Gasteiger partial charge < -0.3 is 10.3 Å². The van der Waals surface area contributed by atoms with Gasteiger partial charge in [-0.15, -0.1) is 0 Å². The smallest absolute Gasteiger partial charge is 0.205 e. The van der Waals surface area contributed by atoms with Crippen molar-refractivity contribution in [2.45, 2.75) is 9.79 Å². The van der Waals surface area contributed by atoms with Crippen LogP contribution in [0.25, 0.3) is 10.9 Å². The van der Waals surface area contributed by atoms with Crippen LogP contribution in [0.15, 0.2) is 51.0 Å². The molecular formula is C15H8Cl2N2OS. The number of anilines is 2. The summed E-state index contributed by atoms with van der Waals surface area (Å²) >= 11 is 13.4. The second-order valence-electron chi connectivity index (χ2n) is 4.72. The number of aromatic nitrogens is 1. The summed E-state index contributed by atoms with van der Waals surface area (Å²) in [7, 11) is 0. The molecule has 0 fully saturated rings. The van der Waals surface area contributed by atoms with E-state index in [0.29, 0.717) is 26.1 Å². The molecule has 1 aromatic heterocycles. The van der Waals surface area contributed by atoms with Gasteiger partial charge in [0.2, 0.25) is 5.43 Å². The average Bonchev–Trinajstić information content (AvgIpc) is 2.47. The molecule has 1 aliphatic rings.